The molecule has 0 spiro atoms. The Balaban J connectivity index is 2.09. The van der Waals surface area contributed by atoms with Crippen LogP contribution in [-0.4, -0.2) is 22.0 Å². The van der Waals surface area contributed by atoms with E-state index < -0.39 is 5.97 Å². The highest BCUT2D eigenvalue weighted by molar-refractivity contribution is 6.10. The molecule has 0 fully saturated rings. The third-order valence-electron chi connectivity index (χ3n) is 3.97. The van der Waals surface area contributed by atoms with Gasteiger partial charge in [-0.1, -0.05) is 41.5 Å². The predicted octanol–water partition coefficient (Wildman–Crippen LogP) is 4.38. The topological polar surface area (TPSA) is 70.5 Å². The van der Waals surface area contributed by atoms with Gasteiger partial charge in [0.05, 0.1) is 0 Å². The fraction of sp³-hybridized carbons (Fsp3) is 0.0952. The number of carboxylic acids is 1. The lowest BCUT2D eigenvalue weighted by Gasteiger charge is -2.23. The second kappa shape index (κ2) is 7.19. The average molecular weight is 346 g/mol. The van der Waals surface area contributed by atoms with Gasteiger partial charge in [0.1, 0.15) is 11.4 Å². The Hall–Kier alpha value is -3.47. The number of rotatable bonds is 4. The van der Waals surface area contributed by atoms with Gasteiger partial charge in [0.15, 0.2) is 0 Å². The summed E-state index contributed by atoms with van der Waals surface area (Å²) in [5, 5.41) is 9.14. The highest BCUT2D eigenvalue weighted by Gasteiger charge is 2.22. The van der Waals surface area contributed by atoms with Crippen molar-refractivity contribution in [3.05, 3.63) is 89.2 Å². The van der Waals surface area contributed by atoms with E-state index in [0.717, 1.165) is 11.1 Å². The summed E-state index contributed by atoms with van der Waals surface area (Å²) in [7, 11) is 0. The SMILES string of the molecule is Cc1ccc(N(C(=O)c2cccc(C(=O)O)n2)c2ccc(C)cc2)cc1. The number of carbonyl (C=O) groups is 2. The van der Waals surface area contributed by atoms with E-state index in [9.17, 15) is 9.59 Å². The molecule has 0 atom stereocenters. The lowest BCUT2D eigenvalue weighted by molar-refractivity contribution is 0.0690. The Bertz CT molecular complexity index is 902. The Labute approximate surface area is 151 Å². The van der Waals surface area contributed by atoms with E-state index in [1.807, 2.05) is 62.4 Å². The molecule has 0 aliphatic carbocycles. The first-order valence-corrected chi connectivity index (χ1v) is 8.14. The summed E-state index contributed by atoms with van der Waals surface area (Å²) in [6.45, 7) is 3.94. The Morgan fingerprint density at radius 1 is 0.769 bits per heavy atom. The highest BCUT2D eigenvalue weighted by Crippen LogP contribution is 2.28. The standard InChI is InChI=1S/C21H18N2O3/c1-14-6-10-16(11-7-14)23(17-12-8-15(2)9-13-17)20(24)18-4-3-5-19(22-18)21(25)26/h3-13H,1-2H3,(H,25,26). The van der Waals surface area contributed by atoms with Gasteiger partial charge in [-0.2, -0.15) is 0 Å². The molecule has 0 radical (unpaired) electrons. The molecule has 1 aromatic heterocycles. The van der Waals surface area contributed by atoms with Gasteiger partial charge in [-0.3, -0.25) is 9.69 Å². The molecule has 0 saturated heterocycles. The Morgan fingerprint density at radius 2 is 1.23 bits per heavy atom. The van der Waals surface area contributed by atoms with Gasteiger partial charge in [-0.15, -0.1) is 0 Å². The number of aromatic nitrogens is 1. The number of pyridine rings is 1. The van der Waals surface area contributed by atoms with Crippen LogP contribution in [0.3, 0.4) is 0 Å². The number of amides is 1. The minimum atomic E-state index is -1.17. The van der Waals surface area contributed by atoms with Crippen molar-refractivity contribution in [1.29, 1.82) is 0 Å². The summed E-state index contributed by atoms with van der Waals surface area (Å²) in [4.78, 5) is 29.9. The van der Waals surface area contributed by atoms with Crippen LogP contribution in [0.15, 0.2) is 66.7 Å². The van der Waals surface area contributed by atoms with Gasteiger partial charge in [0.2, 0.25) is 0 Å². The fourth-order valence-corrected chi connectivity index (χ4v) is 2.56. The summed E-state index contributed by atoms with van der Waals surface area (Å²) in [5.74, 6) is -1.56. The summed E-state index contributed by atoms with van der Waals surface area (Å²) in [6, 6.07) is 19.5. The molecule has 2 aromatic carbocycles. The van der Waals surface area contributed by atoms with E-state index in [1.54, 1.807) is 0 Å². The monoisotopic (exact) mass is 346 g/mol. The van der Waals surface area contributed by atoms with Crippen LogP contribution in [-0.2, 0) is 0 Å². The highest BCUT2D eigenvalue weighted by atomic mass is 16.4. The Kier molecular flexibility index (Phi) is 4.80. The average Bonchev–Trinajstić information content (AvgIpc) is 2.65. The zero-order valence-corrected chi connectivity index (χ0v) is 14.5. The molecule has 1 heterocycles. The number of aromatic carboxylic acids is 1. The van der Waals surface area contributed by atoms with Gasteiger partial charge in [-0.05, 0) is 50.2 Å². The normalized spacial score (nSPS) is 10.4. The first kappa shape index (κ1) is 17.4. The molecular formula is C21H18N2O3. The largest absolute Gasteiger partial charge is 0.477 e. The van der Waals surface area contributed by atoms with Crippen LogP contribution in [0, 0.1) is 13.8 Å². The second-order valence-electron chi connectivity index (χ2n) is 6.02. The minimum absolute atomic E-state index is 0.0750. The van der Waals surface area contributed by atoms with Crippen molar-refractivity contribution in [1.82, 2.24) is 4.98 Å². The summed E-state index contributed by atoms with van der Waals surface area (Å²) in [6.07, 6.45) is 0. The molecule has 5 heteroatoms. The summed E-state index contributed by atoms with van der Waals surface area (Å²) in [5.41, 5.74) is 3.45. The molecule has 0 bridgehead atoms. The van der Waals surface area contributed by atoms with E-state index >= 15 is 0 Å². The number of anilines is 2. The maximum absolute atomic E-state index is 13.2. The predicted molar refractivity (Wildman–Crippen MR) is 100 cm³/mol. The maximum Gasteiger partial charge on any atom is 0.354 e. The van der Waals surface area contributed by atoms with E-state index in [4.69, 9.17) is 5.11 Å². The number of hydrogen-bond donors (Lipinski definition) is 1. The van der Waals surface area contributed by atoms with Crippen LogP contribution in [0.25, 0.3) is 0 Å². The van der Waals surface area contributed by atoms with Crippen LogP contribution < -0.4 is 4.90 Å². The van der Waals surface area contributed by atoms with E-state index in [-0.39, 0.29) is 17.3 Å². The van der Waals surface area contributed by atoms with Crippen molar-refractivity contribution >= 4 is 23.3 Å². The number of carboxylic acid groups (broad SMARTS) is 1. The molecular weight excluding hydrogens is 328 g/mol. The third-order valence-corrected chi connectivity index (χ3v) is 3.97. The van der Waals surface area contributed by atoms with E-state index in [1.165, 1.54) is 23.1 Å². The van der Waals surface area contributed by atoms with Crippen LogP contribution >= 0.6 is 0 Å². The van der Waals surface area contributed by atoms with E-state index in [2.05, 4.69) is 4.98 Å². The fourth-order valence-electron chi connectivity index (χ4n) is 2.56. The molecule has 1 amide bonds. The second-order valence-corrected chi connectivity index (χ2v) is 6.02. The van der Waals surface area contributed by atoms with Gasteiger partial charge in [0.25, 0.3) is 5.91 Å². The van der Waals surface area contributed by atoms with Crippen LogP contribution in [0.5, 0.6) is 0 Å². The molecule has 26 heavy (non-hydrogen) atoms. The smallest absolute Gasteiger partial charge is 0.354 e. The molecule has 0 aliphatic heterocycles. The van der Waals surface area contributed by atoms with Crippen molar-refractivity contribution in [3.8, 4) is 0 Å². The number of carbonyl (C=O) groups excluding carboxylic acids is 1. The van der Waals surface area contributed by atoms with Crippen molar-refractivity contribution in [2.75, 3.05) is 4.90 Å². The lowest BCUT2D eigenvalue weighted by Crippen LogP contribution is -2.27. The van der Waals surface area contributed by atoms with E-state index in [0.29, 0.717) is 11.4 Å². The van der Waals surface area contributed by atoms with Crippen LogP contribution in [0.4, 0.5) is 11.4 Å². The third kappa shape index (κ3) is 3.62. The van der Waals surface area contributed by atoms with Crippen molar-refractivity contribution < 1.29 is 14.7 Å². The number of aryl methyl sites for hydroxylation is 2. The summed E-state index contributed by atoms with van der Waals surface area (Å²) >= 11 is 0. The van der Waals surface area contributed by atoms with Crippen molar-refractivity contribution in [3.63, 3.8) is 0 Å². The maximum atomic E-state index is 13.2. The number of hydrogen-bond acceptors (Lipinski definition) is 3. The quantitative estimate of drug-likeness (QED) is 0.761. The molecule has 3 aromatic rings. The van der Waals surface area contributed by atoms with Crippen molar-refractivity contribution in [2.24, 2.45) is 0 Å². The Morgan fingerprint density at radius 3 is 1.69 bits per heavy atom. The van der Waals surface area contributed by atoms with Crippen LogP contribution in [0.1, 0.15) is 32.1 Å². The molecule has 3 rings (SSSR count). The molecule has 1 N–H and O–H groups in total. The minimum Gasteiger partial charge on any atom is -0.477 e. The first-order chi connectivity index (χ1) is 12.5. The number of nitrogens with zero attached hydrogens (tertiary/aromatic N) is 2. The van der Waals surface area contributed by atoms with Gasteiger partial charge >= 0.3 is 5.97 Å². The molecule has 0 unspecified atom stereocenters. The van der Waals surface area contributed by atoms with Gasteiger partial charge in [0, 0.05) is 11.4 Å². The van der Waals surface area contributed by atoms with Crippen LogP contribution in [0.2, 0.25) is 0 Å². The molecule has 0 saturated carbocycles. The number of benzene rings is 2. The van der Waals surface area contributed by atoms with Crippen molar-refractivity contribution in [2.45, 2.75) is 13.8 Å². The molecule has 0 aliphatic rings. The molecule has 5 nitrogen and oxygen atoms in total. The van der Waals surface area contributed by atoms with Gasteiger partial charge in [-0.25, -0.2) is 9.78 Å². The lowest BCUT2D eigenvalue weighted by atomic mass is 10.1. The van der Waals surface area contributed by atoms with Gasteiger partial charge < -0.3 is 5.11 Å². The zero-order valence-electron chi connectivity index (χ0n) is 14.5. The summed E-state index contributed by atoms with van der Waals surface area (Å²) < 4.78 is 0. The molecule has 130 valence electrons. The zero-order chi connectivity index (χ0) is 18.7. The first-order valence-electron chi connectivity index (χ1n) is 8.14.